The molecule has 0 radical (unpaired) electrons. The monoisotopic (exact) mass is 230 g/mol. The van der Waals surface area contributed by atoms with Gasteiger partial charge < -0.3 is 5.11 Å². The molecule has 0 aliphatic rings. The Morgan fingerprint density at radius 3 is 2.71 bits per heavy atom. The zero-order valence-electron chi connectivity index (χ0n) is 7.26. The van der Waals surface area contributed by atoms with Gasteiger partial charge in [-0.3, -0.25) is 4.79 Å². The Kier molecular flexibility index (Phi) is 3.55. The van der Waals surface area contributed by atoms with E-state index >= 15 is 0 Å². The maximum absolute atomic E-state index is 11.0. The molecule has 0 spiro atoms. The summed E-state index contributed by atoms with van der Waals surface area (Å²) < 4.78 is 0. The maximum atomic E-state index is 11.0. The van der Waals surface area contributed by atoms with Crippen molar-refractivity contribution in [3.8, 4) is 5.75 Å². The van der Waals surface area contributed by atoms with Crippen molar-refractivity contribution in [2.45, 2.75) is 6.42 Å². The van der Waals surface area contributed by atoms with E-state index in [-0.39, 0.29) is 23.0 Å². The Balaban J connectivity index is 3.07. The standard InChI is InChI=1S/C10H8Cl2O2/c1-2-8(13)4-6-3-7(11)5-9(12)10(6)14/h2-3,5,14H,1,4H2. The van der Waals surface area contributed by atoms with Gasteiger partial charge in [-0.15, -0.1) is 0 Å². The third-order valence-corrected chi connectivity index (χ3v) is 2.21. The summed E-state index contributed by atoms with van der Waals surface area (Å²) in [6, 6.07) is 2.92. The van der Waals surface area contributed by atoms with Crippen molar-refractivity contribution >= 4 is 29.0 Å². The number of hydrogen-bond donors (Lipinski definition) is 1. The number of hydrogen-bond acceptors (Lipinski definition) is 2. The van der Waals surface area contributed by atoms with Gasteiger partial charge in [-0.05, 0) is 18.2 Å². The van der Waals surface area contributed by atoms with Crippen LogP contribution in [0.5, 0.6) is 5.75 Å². The lowest BCUT2D eigenvalue weighted by atomic mass is 10.1. The van der Waals surface area contributed by atoms with Crippen molar-refractivity contribution in [2.75, 3.05) is 0 Å². The highest BCUT2D eigenvalue weighted by Gasteiger charge is 2.09. The van der Waals surface area contributed by atoms with Crippen LogP contribution >= 0.6 is 23.2 Å². The molecule has 0 aromatic heterocycles. The van der Waals surface area contributed by atoms with Crippen molar-refractivity contribution < 1.29 is 9.90 Å². The largest absolute Gasteiger partial charge is 0.506 e. The number of aromatic hydroxyl groups is 1. The minimum atomic E-state index is -0.196. The van der Waals surface area contributed by atoms with Crippen LogP contribution in [-0.2, 0) is 11.2 Å². The molecular weight excluding hydrogens is 223 g/mol. The molecule has 74 valence electrons. The number of carbonyl (C=O) groups is 1. The summed E-state index contributed by atoms with van der Waals surface area (Å²) in [5, 5.41) is 10.0. The fourth-order valence-electron chi connectivity index (χ4n) is 1.01. The van der Waals surface area contributed by atoms with Crippen LogP contribution < -0.4 is 0 Å². The lowest BCUT2D eigenvalue weighted by Gasteiger charge is -2.04. The average molecular weight is 231 g/mol. The lowest BCUT2D eigenvalue weighted by molar-refractivity contribution is -0.114. The Morgan fingerprint density at radius 2 is 2.14 bits per heavy atom. The number of ketones is 1. The van der Waals surface area contributed by atoms with E-state index in [9.17, 15) is 9.90 Å². The van der Waals surface area contributed by atoms with E-state index in [0.717, 1.165) is 0 Å². The first-order valence-electron chi connectivity index (χ1n) is 3.86. The molecule has 0 aliphatic carbocycles. The van der Waals surface area contributed by atoms with E-state index in [2.05, 4.69) is 6.58 Å². The number of rotatable bonds is 3. The van der Waals surface area contributed by atoms with Crippen molar-refractivity contribution in [1.29, 1.82) is 0 Å². The molecule has 0 heterocycles. The van der Waals surface area contributed by atoms with Crippen molar-refractivity contribution in [1.82, 2.24) is 0 Å². The normalized spacial score (nSPS) is 9.86. The summed E-state index contributed by atoms with van der Waals surface area (Å²) >= 11 is 11.4. The summed E-state index contributed by atoms with van der Waals surface area (Å²) in [6.45, 7) is 3.33. The van der Waals surface area contributed by atoms with Crippen LogP contribution in [0.25, 0.3) is 0 Å². The molecule has 1 rings (SSSR count). The van der Waals surface area contributed by atoms with Gasteiger partial charge in [-0.2, -0.15) is 0 Å². The number of benzene rings is 1. The van der Waals surface area contributed by atoms with Crippen LogP contribution in [-0.4, -0.2) is 10.9 Å². The van der Waals surface area contributed by atoms with Gasteiger partial charge in [0.2, 0.25) is 0 Å². The van der Waals surface area contributed by atoms with Gasteiger partial charge in [0, 0.05) is 17.0 Å². The predicted molar refractivity (Wildman–Crippen MR) is 57.0 cm³/mol. The second kappa shape index (κ2) is 4.49. The molecule has 0 unspecified atom stereocenters. The van der Waals surface area contributed by atoms with E-state index in [1.165, 1.54) is 18.2 Å². The van der Waals surface area contributed by atoms with E-state index < -0.39 is 0 Å². The Hall–Kier alpha value is -0.990. The molecule has 0 bridgehead atoms. The molecule has 0 amide bonds. The highest BCUT2D eigenvalue weighted by atomic mass is 35.5. The SMILES string of the molecule is C=CC(=O)Cc1cc(Cl)cc(Cl)c1O. The average Bonchev–Trinajstić information content (AvgIpc) is 2.13. The summed E-state index contributed by atoms with van der Waals surface area (Å²) in [4.78, 5) is 11.0. The summed E-state index contributed by atoms with van der Waals surface area (Å²) in [5.74, 6) is -0.301. The molecule has 4 heteroatoms. The molecule has 0 saturated heterocycles. The van der Waals surface area contributed by atoms with Crippen LogP contribution in [0, 0.1) is 0 Å². The number of allylic oxidation sites excluding steroid dienone is 1. The third kappa shape index (κ3) is 2.50. The minimum absolute atomic E-state index is 0.0512. The highest BCUT2D eigenvalue weighted by Crippen LogP contribution is 2.31. The number of carbonyl (C=O) groups excluding carboxylic acids is 1. The van der Waals surface area contributed by atoms with Crippen molar-refractivity contribution in [3.63, 3.8) is 0 Å². The number of phenolic OH excluding ortho intramolecular Hbond substituents is 1. The maximum Gasteiger partial charge on any atom is 0.159 e. The molecule has 0 atom stereocenters. The highest BCUT2D eigenvalue weighted by molar-refractivity contribution is 6.35. The molecule has 1 aromatic carbocycles. The van der Waals surface area contributed by atoms with Gasteiger partial charge in [-0.25, -0.2) is 0 Å². The Bertz CT molecular complexity index is 386. The number of phenols is 1. The van der Waals surface area contributed by atoms with Gasteiger partial charge in [0.25, 0.3) is 0 Å². The fraction of sp³-hybridized carbons (Fsp3) is 0.100. The molecule has 0 saturated carbocycles. The first kappa shape index (κ1) is 11.1. The minimum Gasteiger partial charge on any atom is -0.506 e. The zero-order chi connectivity index (χ0) is 10.7. The number of halogens is 2. The van der Waals surface area contributed by atoms with Crippen molar-refractivity contribution in [2.24, 2.45) is 0 Å². The zero-order valence-corrected chi connectivity index (χ0v) is 8.77. The fourth-order valence-corrected chi connectivity index (χ4v) is 1.55. The summed E-state index contributed by atoms with van der Waals surface area (Å²) in [6.07, 6.45) is 1.24. The van der Waals surface area contributed by atoms with E-state index in [1.54, 1.807) is 0 Å². The van der Waals surface area contributed by atoms with Crippen LogP contribution in [0.1, 0.15) is 5.56 Å². The van der Waals surface area contributed by atoms with E-state index in [0.29, 0.717) is 10.6 Å². The molecule has 1 aromatic rings. The first-order chi connectivity index (χ1) is 6.54. The second-order valence-electron chi connectivity index (χ2n) is 2.74. The molecule has 0 fully saturated rings. The molecule has 2 nitrogen and oxygen atoms in total. The van der Waals surface area contributed by atoms with Gasteiger partial charge in [0.1, 0.15) is 5.75 Å². The quantitative estimate of drug-likeness (QED) is 0.812. The Labute approximate surface area is 91.8 Å². The Morgan fingerprint density at radius 1 is 1.50 bits per heavy atom. The van der Waals surface area contributed by atoms with Crippen molar-refractivity contribution in [3.05, 3.63) is 40.4 Å². The van der Waals surface area contributed by atoms with Crippen LogP contribution in [0.15, 0.2) is 24.8 Å². The predicted octanol–water partition coefficient (Wildman–Crippen LogP) is 3.00. The molecule has 0 aliphatic heterocycles. The summed E-state index contributed by atoms with van der Waals surface area (Å²) in [5.41, 5.74) is 0.410. The molecule has 1 N–H and O–H groups in total. The molecule has 14 heavy (non-hydrogen) atoms. The van der Waals surface area contributed by atoms with Gasteiger partial charge in [-0.1, -0.05) is 29.8 Å². The van der Waals surface area contributed by atoms with Crippen LogP contribution in [0.2, 0.25) is 10.0 Å². The van der Waals surface area contributed by atoms with Crippen LogP contribution in [0.4, 0.5) is 0 Å². The lowest BCUT2D eigenvalue weighted by Crippen LogP contribution is -1.98. The van der Waals surface area contributed by atoms with Gasteiger partial charge in [0.05, 0.1) is 5.02 Å². The smallest absolute Gasteiger partial charge is 0.159 e. The second-order valence-corrected chi connectivity index (χ2v) is 3.59. The van der Waals surface area contributed by atoms with Gasteiger partial charge in [0.15, 0.2) is 5.78 Å². The first-order valence-corrected chi connectivity index (χ1v) is 4.62. The third-order valence-electron chi connectivity index (χ3n) is 1.70. The summed E-state index contributed by atoms with van der Waals surface area (Å²) in [7, 11) is 0. The van der Waals surface area contributed by atoms with E-state index in [4.69, 9.17) is 23.2 Å². The van der Waals surface area contributed by atoms with Gasteiger partial charge >= 0.3 is 0 Å². The topological polar surface area (TPSA) is 37.3 Å². The van der Waals surface area contributed by atoms with E-state index in [1.807, 2.05) is 0 Å². The van der Waals surface area contributed by atoms with Crippen LogP contribution in [0.3, 0.4) is 0 Å². The molecular formula is C10H8Cl2O2.